The molecule has 0 amide bonds. The number of hydrogen-bond donors (Lipinski definition) is 1. The second kappa shape index (κ2) is 4.98. The lowest BCUT2D eigenvalue weighted by Gasteiger charge is -2.12. The molecule has 0 fully saturated rings. The Balaban J connectivity index is 2.29. The van der Waals surface area contributed by atoms with Crippen LogP contribution < -0.4 is 19.9 Å². The fraction of sp³-hybridized carbons (Fsp3) is 0.385. The summed E-state index contributed by atoms with van der Waals surface area (Å²) in [6.07, 6.45) is 5.89. The van der Waals surface area contributed by atoms with Crippen molar-refractivity contribution in [3.8, 4) is 29.6 Å². The van der Waals surface area contributed by atoms with E-state index in [1.54, 1.807) is 6.07 Å². The number of rotatable bonds is 4. The van der Waals surface area contributed by atoms with Crippen molar-refractivity contribution < 1.29 is 14.2 Å². The van der Waals surface area contributed by atoms with Gasteiger partial charge in [-0.15, -0.1) is 6.42 Å². The molecule has 4 heteroatoms. The molecule has 1 atom stereocenters. The standard InChI is InChI=1S/C13H15NO3/c1-3-4-15-11-7-13-12(16-8-17-13)6-10(11)5-9(2)14/h1,6-7,9H,4-5,8,14H2,2H3. The predicted octanol–water partition coefficient (Wildman–Crippen LogP) is 1.32. The van der Waals surface area contributed by atoms with Crippen LogP contribution in [0, 0.1) is 12.3 Å². The van der Waals surface area contributed by atoms with Crippen LogP contribution in [-0.4, -0.2) is 19.4 Å². The van der Waals surface area contributed by atoms with E-state index in [-0.39, 0.29) is 19.4 Å². The molecular formula is C13H15NO3. The van der Waals surface area contributed by atoms with Gasteiger partial charge in [0.1, 0.15) is 12.4 Å². The molecule has 0 aliphatic carbocycles. The molecule has 0 aromatic heterocycles. The summed E-state index contributed by atoms with van der Waals surface area (Å²) < 4.78 is 16.1. The molecule has 17 heavy (non-hydrogen) atoms. The van der Waals surface area contributed by atoms with Gasteiger partial charge in [0, 0.05) is 12.1 Å². The van der Waals surface area contributed by atoms with Crippen LogP contribution in [0.4, 0.5) is 0 Å². The summed E-state index contributed by atoms with van der Waals surface area (Å²) in [5, 5.41) is 0. The molecule has 1 aromatic rings. The molecule has 0 spiro atoms. The number of hydrogen-bond acceptors (Lipinski definition) is 4. The first-order valence-electron chi connectivity index (χ1n) is 5.45. The highest BCUT2D eigenvalue weighted by Gasteiger charge is 2.18. The summed E-state index contributed by atoms with van der Waals surface area (Å²) in [6.45, 7) is 2.41. The molecular weight excluding hydrogens is 218 g/mol. The molecule has 0 saturated carbocycles. The van der Waals surface area contributed by atoms with Gasteiger partial charge in [-0.3, -0.25) is 0 Å². The number of terminal acetylenes is 1. The Morgan fingerprint density at radius 1 is 1.47 bits per heavy atom. The molecule has 1 aliphatic rings. The van der Waals surface area contributed by atoms with Crippen LogP contribution in [0.1, 0.15) is 12.5 Å². The topological polar surface area (TPSA) is 53.7 Å². The van der Waals surface area contributed by atoms with Gasteiger partial charge >= 0.3 is 0 Å². The van der Waals surface area contributed by atoms with Gasteiger partial charge < -0.3 is 19.9 Å². The van der Waals surface area contributed by atoms with E-state index in [2.05, 4.69) is 5.92 Å². The number of ether oxygens (including phenoxy) is 3. The van der Waals surface area contributed by atoms with E-state index in [1.165, 1.54) is 0 Å². The fourth-order valence-electron chi connectivity index (χ4n) is 1.73. The largest absolute Gasteiger partial charge is 0.481 e. The maximum absolute atomic E-state index is 5.80. The molecule has 2 N–H and O–H groups in total. The minimum Gasteiger partial charge on any atom is -0.481 e. The summed E-state index contributed by atoms with van der Waals surface area (Å²) >= 11 is 0. The molecule has 4 nitrogen and oxygen atoms in total. The van der Waals surface area contributed by atoms with Gasteiger partial charge in [-0.2, -0.15) is 0 Å². The van der Waals surface area contributed by atoms with E-state index in [9.17, 15) is 0 Å². The third-order valence-corrected chi connectivity index (χ3v) is 2.41. The van der Waals surface area contributed by atoms with Crippen molar-refractivity contribution in [2.24, 2.45) is 5.73 Å². The Bertz CT molecular complexity index is 449. The normalized spacial score (nSPS) is 14.2. The van der Waals surface area contributed by atoms with Crippen molar-refractivity contribution in [3.63, 3.8) is 0 Å². The van der Waals surface area contributed by atoms with Crippen molar-refractivity contribution in [2.45, 2.75) is 19.4 Å². The number of nitrogens with two attached hydrogens (primary N) is 1. The summed E-state index contributed by atoms with van der Waals surface area (Å²) in [5.74, 6) is 4.57. The summed E-state index contributed by atoms with van der Waals surface area (Å²) in [6, 6.07) is 3.75. The first kappa shape index (κ1) is 11.6. The zero-order chi connectivity index (χ0) is 12.3. The zero-order valence-electron chi connectivity index (χ0n) is 9.73. The lowest BCUT2D eigenvalue weighted by molar-refractivity contribution is 0.174. The van der Waals surface area contributed by atoms with Gasteiger partial charge in [-0.05, 0) is 25.0 Å². The SMILES string of the molecule is C#CCOc1cc2c(cc1CC(C)N)OCO2. The first-order valence-corrected chi connectivity index (χ1v) is 5.45. The number of fused-ring (bicyclic) bond motifs is 1. The lowest BCUT2D eigenvalue weighted by atomic mass is 10.1. The Morgan fingerprint density at radius 3 is 2.82 bits per heavy atom. The van der Waals surface area contributed by atoms with Gasteiger partial charge in [-0.1, -0.05) is 5.92 Å². The summed E-state index contributed by atoms with van der Waals surface area (Å²) in [4.78, 5) is 0. The Kier molecular flexibility index (Phi) is 3.40. The molecule has 1 aromatic carbocycles. The van der Waals surface area contributed by atoms with E-state index in [1.807, 2.05) is 13.0 Å². The van der Waals surface area contributed by atoms with Gasteiger partial charge in [0.05, 0.1) is 0 Å². The van der Waals surface area contributed by atoms with E-state index < -0.39 is 0 Å². The first-order chi connectivity index (χ1) is 8.20. The molecule has 2 rings (SSSR count). The minimum absolute atomic E-state index is 0.0450. The molecule has 0 radical (unpaired) electrons. The highest BCUT2D eigenvalue weighted by Crippen LogP contribution is 2.38. The minimum atomic E-state index is 0.0450. The van der Waals surface area contributed by atoms with Crippen molar-refractivity contribution >= 4 is 0 Å². The van der Waals surface area contributed by atoms with Crippen LogP contribution in [0.3, 0.4) is 0 Å². The third kappa shape index (κ3) is 2.63. The zero-order valence-corrected chi connectivity index (χ0v) is 9.73. The fourth-order valence-corrected chi connectivity index (χ4v) is 1.73. The van der Waals surface area contributed by atoms with E-state index in [0.29, 0.717) is 17.9 Å². The average molecular weight is 233 g/mol. The summed E-state index contributed by atoms with van der Waals surface area (Å²) in [5.41, 5.74) is 6.78. The molecule has 1 aliphatic heterocycles. The quantitative estimate of drug-likeness (QED) is 0.797. The maximum atomic E-state index is 5.80. The van der Waals surface area contributed by atoms with Gasteiger partial charge in [0.2, 0.25) is 6.79 Å². The second-order valence-corrected chi connectivity index (χ2v) is 3.99. The number of benzene rings is 1. The Hall–Kier alpha value is -1.86. The molecule has 0 bridgehead atoms. The molecule has 1 unspecified atom stereocenters. The van der Waals surface area contributed by atoms with Crippen LogP contribution in [0.5, 0.6) is 17.2 Å². The van der Waals surface area contributed by atoms with Gasteiger partial charge in [0.15, 0.2) is 11.5 Å². The third-order valence-electron chi connectivity index (χ3n) is 2.41. The van der Waals surface area contributed by atoms with Crippen LogP contribution in [0.2, 0.25) is 0 Å². The smallest absolute Gasteiger partial charge is 0.231 e. The average Bonchev–Trinajstić information content (AvgIpc) is 2.72. The van der Waals surface area contributed by atoms with E-state index in [4.69, 9.17) is 26.4 Å². The van der Waals surface area contributed by atoms with Crippen molar-refractivity contribution in [1.82, 2.24) is 0 Å². The second-order valence-electron chi connectivity index (χ2n) is 3.99. The van der Waals surface area contributed by atoms with Crippen LogP contribution >= 0.6 is 0 Å². The molecule has 90 valence electrons. The molecule has 1 heterocycles. The van der Waals surface area contributed by atoms with E-state index in [0.717, 1.165) is 11.3 Å². The van der Waals surface area contributed by atoms with Crippen molar-refractivity contribution in [3.05, 3.63) is 17.7 Å². The monoisotopic (exact) mass is 233 g/mol. The van der Waals surface area contributed by atoms with E-state index >= 15 is 0 Å². The van der Waals surface area contributed by atoms with Crippen molar-refractivity contribution in [2.75, 3.05) is 13.4 Å². The Morgan fingerprint density at radius 2 is 2.18 bits per heavy atom. The van der Waals surface area contributed by atoms with Crippen LogP contribution in [-0.2, 0) is 6.42 Å². The van der Waals surface area contributed by atoms with Gasteiger partial charge in [0.25, 0.3) is 0 Å². The maximum Gasteiger partial charge on any atom is 0.231 e. The highest BCUT2D eigenvalue weighted by atomic mass is 16.7. The van der Waals surface area contributed by atoms with Gasteiger partial charge in [-0.25, -0.2) is 0 Å². The van der Waals surface area contributed by atoms with Crippen LogP contribution in [0.25, 0.3) is 0 Å². The highest BCUT2D eigenvalue weighted by molar-refractivity contribution is 5.52. The predicted molar refractivity (Wildman–Crippen MR) is 64.2 cm³/mol. The van der Waals surface area contributed by atoms with Crippen LogP contribution in [0.15, 0.2) is 12.1 Å². The summed E-state index contributed by atoms with van der Waals surface area (Å²) in [7, 11) is 0. The molecule has 0 saturated heterocycles. The van der Waals surface area contributed by atoms with Crippen molar-refractivity contribution in [1.29, 1.82) is 0 Å². The Labute approximate surface area is 101 Å². The lowest BCUT2D eigenvalue weighted by Crippen LogP contribution is -2.18.